The summed E-state index contributed by atoms with van der Waals surface area (Å²) in [6, 6.07) is 6.12. The largest absolute Gasteiger partial charge is 0.385 e. The van der Waals surface area contributed by atoms with Crippen molar-refractivity contribution < 1.29 is 8.42 Å². The van der Waals surface area contributed by atoms with E-state index in [9.17, 15) is 8.42 Å². The quantitative estimate of drug-likeness (QED) is 0.865. The number of hydrogen-bond donors (Lipinski definition) is 2. The maximum absolute atomic E-state index is 11.9. The summed E-state index contributed by atoms with van der Waals surface area (Å²) < 4.78 is 26.5. The van der Waals surface area contributed by atoms with Crippen LogP contribution < -0.4 is 10.0 Å². The summed E-state index contributed by atoms with van der Waals surface area (Å²) in [5, 5.41) is 3.39. The van der Waals surface area contributed by atoms with Crippen molar-refractivity contribution in [2.75, 3.05) is 17.6 Å². The molecule has 2 N–H and O–H groups in total. The van der Waals surface area contributed by atoms with Crippen LogP contribution in [0.2, 0.25) is 0 Å². The van der Waals surface area contributed by atoms with Crippen LogP contribution in [-0.2, 0) is 23.0 Å². The van der Waals surface area contributed by atoms with Crippen molar-refractivity contribution in [2.45, 2.75) is 32.2 Å². The third kappa shape index (κ3) is 3.28. The molecule has 0 spiro atoms. The van der Waals surface area contributed by atoms with Crippen LogP contribution in [0, 0.1) is 5.92 Å². The lowest BCUT2D eigenvalue weighted by molar-refractivity contribution is 0.577. The highest BCUT2D eigenvalue weighted by Crippen LogP contribution is 2.30. The molecule has 1 fully saturated rings. The van der Waals surface area contributed by atoms with Crippen LogP contribution in [0.4, 0.5) is 5.69 Å². The van der Waals surface area contributed by atoms with Crippen LogP contribution in [0.25, 0.3) is 0 Å². The zero-order valence-electron chi connectivity index (χ0n) is 11.0. The molecule has 0 bridgehead atoms. The number of rotatable bonds is 5. The zero-order valence-corrected chi connectivity index (χ0v) is 11.8. The number of para-hydroxylation sites is 1. The molecule has 1 aromatic rings. The molecular formula is C14H20N2O2S. The molecule has 1 heterocycles. The fourth-order valence-corrected chi connectivity index (χ4v) is 4.02. The smallest absolute Gasteiger partial charge is 0.212 e. The summed E-state index contributed by atoms with van der Waals surface area (Å²) in [5.74, 6) is 0.676. The molecule has 0 saturated heterocycles. The molecule has 104 valence electrons. The minimum atomic E-state index is -3.12. The number of benzene rings is 1. The number of nitrogens with one attached hydrogen (secondary N) is 2. The Balaban J connectivity index is 1.69. The second kappa shape index (κ2) is 5.13. The van der Waals surface area contributed by atoms with Gasteiger partial charge in [-0.1, -0.05) is 18.2 Å². The summed E-state index contributed by atoms with van der Waals surface area (Å²) in [6.45, 7) is 1.37. The number of anilines is 1. The van der Waals surface area contributed by atoms with Gasteiger partial charge in [-0.25, -0.2) is 13.1 Å². The van der Waals surface area contributed by atoms with E-state index >= 15 is 0 Å². The van der Waals surface area contributed by atoms with E-state index in [1.807, 2.05) is 12.1 Å². The topological polar surface area (TPSA) is 58.2 Å². The Morgan fingerprint density at radius 1 is 1.32 bits per heavy atom. The average Bonchev–Trinajstić information content (AvgIpc) is 3.19. The van der Waals surface area contributed by atoms with Gasteiger partial charge < -0.3 is 5.32 Å². The minimum Gasteiger partial charge on any atom is -0.385 e. The number of sulfonamides is 1. The third-order valence-electron chi connectivity index (χ3n) is 3.80. The summed E-state index contributed by atoms with van der Waals surface area (Å²) >= 11 is 0. The van der Waals surface area contributed by atoms with Crippen molar-refractivity contribution in [2.24, 2.45) is 5.92 Å². The predicted molar refractivity (Wildman–Crippen MR) is 76.6 cm³/mol. The van der Waals surface area contributed by atoms with E-state index in [0.717, 1.165) is 43.5 Å². The Bertz CT molecular complexity index is 565. The predicted octanol–water partition coefficient (Wildman–Crippen LogP) is 1.87. The van der Waals surface area contributed by atoms with Gasteiger partial charge in [0.05, 0.1) is 5.75 Å². The Hall–Kier alpha value is -1.07. The van der Waals surface area contributed by atoms with Gasteiger partial charge >= 0.3 is 0 Å². The lowest BCUT2D eigenvalue weighted by Crippen LogP contribution is -2.27. The van der Waals surface area contributed by atoms with Gasteiger partial charge in [0.2, 0.25) is 10.0 Å². The second-order valence-corrected chi connectivity index (χ2v) is 7.38. The molecule has 1 aromatic carbocycles. The SMILES string of the molecule is O=S(=O)(CC1CC1)NCc1cccc2c1NCCC2. The van der Waals surface area contributed by atoms with E-state index in [0.29, 0.717) is 12.5 Å². The van der Waals surface area contributed by atoms with E-state index in [1.165, 1.54) is 5.56 Å². The lowest BCUT2D eigenvalue weighted by Gasteiger charge is -2.21. The minimum absolute atomic E-state index is 0.287. The molecule has 0 atom stereocenters. The average molecular weight is 280 g/mol. The fourth-order valence-electron chi connectivity index (χ4n) is 2.57. The number of aryl methyl sites for hydroxylation is 1. The fraction of sp³-hybridized carbons (Fsp3) is 0.571. The van der Waals surface area contributed by atoms with Crippen molar-refractivity contribution in [3.8, 4) is 0 Å². The van der Waals surface area contributed by atoms with Crippen molar-refractivity contribution >= 4 is 15.7 Å². The molecule has 19 heavy (non-hydrogen) atoms. The normalized spacial score (nSPS) is 18.7. The van der Waals surface area contributed by atoms with Crippen LogP contribution in [0.5, 0.6) is 0 Å². The van der Waals surface area contributed by atoms with Gasteiger partial charge in [-0.05, 0) is 42.7 Å². The Morgan fingerprint density at radius 2 is 2.16 bits per heavy atom. The molecule has 5 heteroatoms. The zero-order chi connectivity index (χ0) is 13.3. The van der Waals surface area contributed by atoms with Crippen LogP contribution in [-0.4, -0.2) is 20.7 Å². The Morgan fingerprint density at radius 3 is 2.95 bits per heavy atom. The number of hydrogen-bond acceptors (Lipinski definition) is 3. The molecule has 0 amide bonds. The van der Waals surface area contributed by atoms with Gasteiger partial charge in [-0.15, -0.1) is 0 Å². The maximum atomic E-state index is 11.9. The van der Waals surface area contributed by atoms with E-state index < -0.39 is 10.0 Å². The first kappa shape index (κ1) is 12.9. The second-order valence-electron chi connectivity index (χ2n) is 5.53. The van der Waals surface area contributed by atoms with Crippen LogP contribution in [0.1, 0.15) is 30.4 Å². The summed E-state index contributed by atoms with van der Waals surface area (Å²) in [6.07, 6.45) is 4.33. The molecule has 0 unspecified atom stereocenters. The van der Waals surface area contributed by atoms with Gasteiger partial charge in [0.1, 0.15) is 0 Å². The van der Waals surface area contributed by atoms with E-state index in [2.05, 4.69) is 16.1 Å². The monoisotopic (exact) mass is 280 g/mol. The Labute approximate surface area is 114 Å². The molecule has 2 aliphatic rings. The van der Waals surface area contributed by atoms with E-state index in [1.54, 1.807) is 0 Å². The summed E-state index contributed by atoms with van der Waals surface area (Å²) in [5.41, 5.74) is 3.48. The van der Waals surface area contributed by atoms with Gasteiger partial charge in [0.15, 0.2) is 0 Å². The van der Waals surface area contributed by atoms with Gasteiger partial charge in [0, 0.05) is 18.8 Å². The molecule has 1 aliphatic carbocycles. The van der Waals surface area contributed by atoms with E-state index in [4.69, 9.17) is 0 Å². The highest BCUT2D eigenvalue weighted by atomic mass is 32.2. The molecule has 1 aliphatic heterocycles. The molecule has 0 radical (unpaired) electrons. The first-order chi connectivity index (χ1) is 9.14. The molecule has 4 nitrogen and oxygen atoms in total. The summed E-state index contributed by atoms with van der Waals surface area (Å²) in [4.78, 5) is 0. The lowest BCUT2D eigenvalue weighted by atomic mass is 9.99. The van der Waals surface area contributed by atoms with Gasteiger partial charge in [-0.3, -0.25) is 0 Å². The van der Waals surface area contributed by atoms with Crippen molar-refractivity contribution in [1.29, 1.82) is 0 Å². The Kier molecular flexibility index (Phi) is 3.50. The first-order valence-electron chi connectivity index (χ1n) is 6.96. The molecule has 0 aromatic heterocycles. The van der Waals surface area contributed by atoms with Crippen molar-refractivity contribution in [1.82, 2.24) is 4.72 Å². The first-order valence-corrected chi connectivity index (χ1v) is 8.61. The highest BCUT2D eigenvalue weighted by Gasteiger charge is 2.27. The molecule has 1 saturated carbocycles. The van der Waals surface area contributed by atoms with Crippen LogP contribution in [0.3, 0.4) is 0 Å². The third-order valence-corrected chi connectivity index (χ3v) is 5.29. The van der Waals surface area contributed by atoms with Crippen molar-refractivity contribution in [3.63, 3.8) is 0 Å². The van der Waals surface area contributed by atoms with Gasteiger partial charge in [-0.2, -0.15) is 0 Å². The standard InChI is InChI=1S/C14H20N2O2S/c17-19(18,10-11-6-7-11)16-9-13-4-1-3-12-5-2-8-15-14(12)13/h1,3-4,11,15-16H,2,5-10H2. The molecule has 3 rings (SSSR count). The highest BCUT2D eigenvalue weighted by molar-refractivity contribution is 7.89. The van der Waals surface area contributed by atoms with Crippen molar-refractivity contribution in [3.05, 3.63) is 29.3 Å². The summed E-state index contributed by atoms with van der Waals surface area (Å²) in [7, 11) is -3.12. The van der Waals surface area contributed by atoms with E-state index in [-0.39, 0.29) is 5.75 Å². The van der Waals surface area contributed by atoms with Crippen LogP contribution >= 0.6 is 0 Å². The van der Waals surface area contributed by atoms with Crippen LogP contribution in [0.15, 0.2) is 18.2 Å². The van der Waals surface area contributed by atoms with Gasteiger partial charge in [0.25, 0.3) is 0 Å². The maximum Gasteiger partial charge on any atom is 0.212 e. The number of fused-ring (bicyclic) bond motifs is 1. The molecular weight excluding hydrogens is 260 g/mol.